The molecule has 6 heteroatoms. The molecule has 0 saturated carbocycles. The maximum atomic E-state index is 11.6. The fourth-order valence-corrected chi connectivity index (χ4v) is 2.58. The minimum absolute atomic E-state index is 0.0801. The molecular weight excluding hydrogens is 248 g/mol. The Bertz CT molecular complexity index is 434. The largest absolute Gasteiger partial charge is 0.330 e. The van der Waals surface area contributed by atoms with Gasteiger partial charge in [-0.25, -0.2) is 8.42 Å². The highest BCUT2D eigenvalue weighted by atomic mass is 35.5. The standard InChI is InChI=1S/C10H15ClN2O2S/c11-9-4-3-5-10(8-9)13-16(14,15)7-2-1-6-12/h3-5,8,13H,1-2,6-7,12H2. The highest BCUT2D eigenvalue weighted by Gasteiger charge is 2.09. The molecule has 0 saturated heterocycles. The average molecular weight is 263 g/mol. The lowest BCUT2D eigenvalue weighted by molar-refractivity contribution is 0.597. The fraction of sp³-hybridized carbons (Fsp3) is 0.400. The van der Waals surface area contributed by atoms with Gasteiger partial charge in [0, 0.05) is 10.7 Å². The summed E-state index contributed by atoms with van der Waals surface area (Å²) in [6.07, 6.45) is 1.27. The molecule has 1 rings (SSSR count). The van der Waals surface area contributed by atoms with Crippen LogP contribution in [0.2, 0.25) is 5.02 Å². The van der Waals surface area contributed by atoms with Gasteiger partial charge in [-0.1, -0.05) is 17.7 Å². The zero-order chi connectivity index (χ0) is 12.0. The summed E-state index contributed by atoms with van der Waals surface area (Å²) in [5.41, 5.74) is 5.78. The van der Waals surface area contributed by atoms with E-state index >= 15 is 0 Å². The van der Waals surface area contributed by atoms with Crippen LogP contribution in [0.15, 0.2) is 24.3 Å². The SMILES string of the molecule is NCCCCS(=O)(=O)Nc1cccc(Cl)c1. The zero-order valence-electron chi connectivity index (χ0n) is 8.82. The number of nitrogens with two attached hydrogens (primary N) is 1. The van der Waals surface area contributed by atoms with Gasteiger partial charge in [0.25, 0.3) is 0 Å². The van der Waals surface area contributed by atoms with Crippen LogP contribution < -0.4 is 10.5 Å². The molecule has 0 aromatic heterocycles. The lowest BCUT2D eigenvalue weighted by atomic mass is 10.3. The minimum Gasteiger partial charge on any atom is -0.330 e. The second-order valence-electron chi connectivity index (χ2n) is 3.43. The molecule has 0 heterocycles. The Labute approximate surface area is 101 Å². The van der Waals surface area contributed by atoms with Crippen LogP contribution >= 0.6 is 11.6 Å². The van der Waals surface area contributed by atoms with Gasteiger partial charge in [0.15, 0.2) is 0 Å². The summed E-state index contributed by atoms with van der Waals surface area (Å²) in [6, 6.07) is 6.61. The van der Waals surface area contributed by atoms with Crippen LogP contribution in [0.4, 0.5) is 5.69 Å². The highest BCUT2D eigenvalue weighted by molar-refractivity contribution is 7.92. The van der Waals surface area contributed by atoms with E-state index in [1.807, 2.05) is 0 Å². The molecule has 16 heavy (non-hydrogen) atoms. The first kappa shape index (κ1) is 13.3. The van der Waals surface area contributed by atoms with Gasteiger partial charge in [0.1, 0.15) is 0 Å². The van der Waals surface area contributed by atoms with Gasteiger partial charge in [-0.05, 0) is 37.6 Å². The topological polar surface area (TPSA) is 72.2 Å². The van der Waals surface area contributed by atoms with Gasteiger partial charge < -0.3 is 5.73 Å². The van der Waals surface area contributed by atoms with Crippen molar-refractivity contribution in [2.75, 3.05) is 17.0 Å². The lowest BCUT2D eigenvalue weighted by Gasteiger charge is -2.07. The van der Waals surface area contributed by atoms with E-state index in [1.54, 1.807) is 24.3 Å². The second-order valence-corrected chi connectivity index (χ2v) is 5.71. The maximum Gasteiger partial charge on any atom is 0.232 e. The smallest absolute Gasteiger partial charge is 0.232 e. The molecule has 0 fully saturated rings. The van der Waals surface area contributed by atoms with E-state index < -0.39 is 10.0 Å². The van der Waals surface area contributed by atoms with Crippen molar-refractivity contribution in [2.45, 2.75) is 12.8 Å². The van der Waals surface area contributed by atoms with E-state index in [9.17, 15) is 8.42 Å². The van der Waals surface area contributed by atoms with Gasteiger partial charge >= 0.3 is 0 Å². The van der Waals surface area contributed by atoms with E-state index in [1.165, 1.54) is 0 Å². The van der Waals surface area contributed by atoms with E-state index in [2.05, 4.69) is 4.72 Å². The van der Waals surface area contributed by atoms with Crippen molar-refractivity contribution in [3.05, 3.63) is 29.3 Å². The van der Waals surface area contributed by atoms with E-state index in [0.717, 1.165) is 0 Å². The summed E-state index contributed by atoms with van der Waals surface area (Å²) in [7, 11) is -3.29. The van der Waals surface area contributed by atoms with Crippen molar-refractivity contribution in [3.63, 3.8) is 0 Å². The third-order valence-corrected chi connectivity index (χ3v) is 3.57. The third kappa shape index (κ3) is 4.83. The highest BCUT2D eigenvalue weighted by Crippen LogP contribution is 2.16. The molecule has 0 unspecified atom stereocenters. The molecule has 90 valence electrons. The summed E-state index contributed by atoms with van der Waals surface area (Å²) in [5.74, 6) is 0.0801. The van der Waals surface area contributed by atoms with Crippen LogP contribution in [0.1, 0.15) is 12.8 Å². The van der Waals surface area contributed by atoms with Crippen LogP contribution in [0.5, 0.6) is 0 Å². The monoisotopic (exact) mass is 262 g/mol. The van der Waals surface area contributed by atoms with Crippen molar-refractivity contribution in [1.82, 2.24) is 0 Å². The molecule has 0 aliphatic carbocycles. The molecule has 0 aliphatic heterocycles. The summed E-state index contributed by atoms with van der Waals surface area (Å²) < 4.78 is 25.6. The van der Waals surface area contributed by atoms with Crippen LogP contribution in [-0.4, -0.2) is 20.7 Å². The summed E-state index contributed by atoms with van der Waals surface area (Å²) >= 11 is 5.75. The molecule has 0 amide bonds. The Kier molecular flexibility index (Phi) is 5.05. The van der Waals surface area contributed by atoms with E-state index in [4.69, 9.17) is 17.3 Å². The molecule has 0 spiro atoms. The molecule has 0 aliphatic rings. The Hall–Kier alpha value is -0.780. The molecule has 0 radical (unpaired) electrons. The van der Waals surface area contributed by atoms with Crippen LogP contribution in [0, 0.1) is 0 Å². The number of halogens is 1. The quantitative estimate of drug-likeness (QED) is 0.768. The van der Waals surface area contributed by atoms with E-state index in [-0.39, 0.29) is 5.75 Å². The first-order valence-electron chi connectivity index (χ1n) is 4.99. The fourth-order valence-electron chi connectivity index (χ4n) is 1.22. The maximum absolute atomic E-state index is 11.6. The number of sulfonamides is 1. The van der Waals surface area contributed by atoms with Crippen molar-refractivity contribution in [3.8, 4) is 0 Å². The Morgan fingerprint density at radius 3 is 2.69 bits per heavy atom. The third-order valence-electron chi connectivity index (χ3n) is 1.97. The molecule has 1 aromatic carbocycles. The summed E-state index contributed by atoms with van der Waals surface area (Å²) in [5, 5.41) is 0.502. The Morgan fingerprint density at radius 2 is 2.06 bits per heavy atom. The van der Waals surface area contributed by atoms with Crippen molar-refractivity contribution in [1.29, 1.82) is 0 Å². The molecule has 1 aromatic rings. The predicted octanol–water partition coefficient (Wildman–Crippen LogP) is 1.82. The van der Waals surface area contributed by atoms with Crippen LogP contribution in [0.25, 0.3) is 0 Å². The first-order valence-corrected chi connectivity index (χ1v) is 7.02. The zero-order valence-corrected chi connectivity index (χ0v) is 10.4. The van der Waals surface area contributed by atoms with Gasteiger partial charge in [0.05, 0.1) is 5.75 Å². The number of unbranched alkanes of at least 4 members (excludes halogenated alkanes) is 1. The molecule has 3 N–H and O–H groups in total. The molecule has 0 bridgehead atoms. The lowest BCUT2D eigenvalue weighted by Crippen LogP contribution is -2.17. The molecule has 4 nitrogen and oxygen atoms in total. The number of rotatable bonds is 6. The number of hydrogen-bond donors (Lipinski definition) is 2. The Morgan fingerprint density at radius 1 is 1.31 bits per heavy atom. The number of hydrogen-bond acceptors (Lipinski definition) is 3. The number of benzene rings is 1. The Balaban J connectivity index is 2.59. The van der Waals surface area contributed by atoms with Gasteiger partial charge in [0.2, 0.25) is 10.0 Å². The summed E-state index contributed by atoms with van der Waals surface area (Å²) in [4.78, 5) is 0. The van der Waals surface area contributed by atoms with Crippen molar-refractivity contribution < 1.29 is 8.42 Å². The van der Waals surface area contributed by atoms with Gasteiger partial charge in [-0.3, -0.25) is 4.72 Å². The predicted molar refractivity (Wildman–Crippen MR) is 67.1 cm³/mol. The van der Waals surface area contributed by atoms with Crippen molar-refractivity contribution >= 4 is 27.3 Å². The van der Waals surface area contributed by atoms with Crippen molar-refractivity contribution in [2.24, 2.45) is 5.73 Å². The second kappa shape index (κ2) is 6.08. The molecular formula is C10H15ClN2O2S. The normalized spacial score (nSPS) is 11.4. The van der Waals surface area contributed by atoms with Gasteiger partial charge in [-0.2, -0.15) is 0 Å². The summed E-state index contributed by atoms with van der Waals surface area (Å²) in [6.45, 7) is 0.507. The van der Waals surface area contributed by atoms with Crippen LogP contribution in [0.3, 0.4) is 0 Å². The van der Waals surface area contributed by atoms with E-state index in [0.29, 0.717) is 30.1 Å². The molecule has 0 atom stereocenters. The minimum atomic E-state index is -3.29. The average Bonchev–Trinajstić information content (AvgIpc) is 2.17. The number of anilines is 1. The van der Waals surface area contributed by atoms with Gasteiger partial charge in [-0.15, -0.1) is 0 Å². The number of nitrogens with one attached hydrogen (secondary N) is 1. The first-order chi connectivity index (χ1) is 7.53. The van der Waals surface area contributed by atoms with Crippen LogP contribution in [-0.2, 0) is 10.0 Å².